The highest BCUT2D eigenvalue weighted by molar-refractivity contribution is 6.01. The van der Waals surface area contributed by atoms with Crippen LogP contribution in [0.25, 0.3) is 0 Å². The van der Waals surface area contributed by atoms with Crippen molar-refractivity contribution in [2.75, 3.05) is 5.32 Å². The number of nitrogens with one attached hydrogen (secondary N) is 1. The fourth-order valence-electron chi connectivity index (χ4n) is 2.72. The molecule has 1 amide bonds. The lowest BCUT2D eigenvalue weighted by molar-refractivity contribution is 0.0648. The van der Waals surface area contributed by atoms with E-state index < -0.39 is 0 Å². The fourth-order valence-corrected chi connectivity index (χ4v) is 2.72. The molecule has 3 heteroatoms. The molecule has 0 spiro atoms. The first-order chi connectivity index (χ1) is 8.66. The van der Waals surface area contributed by atoms with Gasteiger partial charge >= 0.3 is 0 Å². The van der Waals surface area contributed by atoms with Crippen LogP contribution in [0.15, 0.2) is 24.3 Å². The zero-order valence-corrected chi connectivity index (χ0v) is 11.0. The zero-order chi connectivity index (χ0) is 12.7. The molecule has 3 nitrogen and oxygen atoms in total. The van der Waals surface area contributed by atoms with E-state index in [9.17, 15) is 4.79 Å². The Kier molecular flexibility index (Phi) is 2.77. The number of fused-ring (bicyclic) bond motifs is 1. The quantitative estimate of drug-likeness (QED) is 0.886. The number of benzene rings is 1. The first-order valence-electron chi connectivity index (χ1n) is 6.85. The maximum atomic E-state index is 12.6. The van der Waals surface area contributed by atoms with Crippen molar-refractivity contribution >= 4 is 11.6 Å². The molecule has 1 aromatic rings. The monoisotopic (exact) mass is 244 g/mol. The summed E-state index contributed by atoms with van der Waals surface area (Å²) in [6.45, 7) is 4.41. The second-order valence-electron chi connectivity index (χ2n) is 5.78. The Morgan fingerprint density at radius 3 is 2.72 bits per heavy atom. The Hall–Kier alpha value is -1.51. The van der Waals surface area contributed by atoms with Crippen molar-refractivity contribution in [1.82, 2.24) is 4.90 Å². The van der Waals surface area contributed by atoms with Crippen LogP contribution in [0.2, 0.25) is 0 Å². The summed E-state index contributed by atoms with van der Waals surface area (Å²) in [5.74, 6) is 0.791. The summed E-state index contributed by atoms with van der Waals surface area (Å²) in [6, 6.07) is 8.31. The Morgan fingerprint density at radius 1 is 1.33 bits per heavy atom. The van der Waals surface area contributed by atoms with Gasteiger partial charge in [-0.05, 0) is 37.3 Å². The molecule has 96 valence electrons. The molecule has 1 fully saturated rings. The van der Waals surface area contributed by atoms with Crippen molar-refractivity contribution in [3.8, 4) is 0 Å². The minimum atomic E-state index is 0.167. The van der Waals surface area contributed by atoms with Gasteiger partial charge in [-0.3, -0.25) is 4.79 Å². The lowest BCUT2D eigenvalue weighted by Crippen LogP contribution is -2.50. The molecule has 18 heavy (non-hydrogen) atoms. The SMILES string of the molecule is CC(C)C[C@@H]1Nc2ccccc2C(=O)N1C1CC1. The van der Waals surface area contributed by atoms with E-state index >= 15 is 0 Å². The summed E-state index contributed by atoms with van der Waals surface area (Å²) in [5.41, 5.74) is 1.81. The van der Waals surface area contributed by atoms with Crippen LogP contribution in [0.4, 0.5) is 5.69 Å². The van der Waals surface area contributed by atoms with Crippen molar-refractivity contribution in [1.29, 1.82) is 0 Å². The molecule has 1 aliphatic carbocycles. The smallest absolute Gasteiger partial charge is 0.257 e. The van der Waals surface area contributed by atoms with Gasteiger partial charge in [0.15, 0.2) is 0 Å². The number of nitrogens with zero attached hydrogens (tertiary/aromatic N) is 1. The van der Waals surface area contributed by atoms with Gasteiger partial charge in [0, 0.05) is 11.7 Å². The topological polar surface area (TPSA) is 32.3 Å². The normalized spacial score (nSPS) is 22.9. The van der Waals surface area contributed by atoms with E-state index in [4.69, 9.17) is 0 Å². The molecule has 3 rings (SSSR count). The predicted octanol–water partition coefficient (Wildman–Crippen LogP) is 3.09. The van der Waals surface area contributed by atoms with E-state index in [1.165, 1.54) is 0 Å². The number of hydrogen-bond acceptors (Lipinski definition) is 2. The molecule has 1 heterocycles. The number of para-hydroxylation sites is 1. The average molecular weight is 244 g/mol. The second-order valence-corrected chi connectivity index (χ2v) is 5.78. The van der Waals surface area contributed by atoms with Gasteiger partial charge in [0.1, 0.15) is 6.17 Å². The van der Waals surface area contributed by atoms with Crippen molar-refractivity contribution < 1.29 is 4.79 Å². The highest BCUT2D eigenvalue weighted by Crippen LogP contribution is 2.36. The summed E-state index contributed by atoms with van der Waals surface area (Å²) < 4.78 is 0. The van der Waals surface area contributed by atoms with Gasteiger partial charge in [-0.25, -0.2) is 0 Å². The number of hydrogen-bond donors (Lipinski definition) is 1. The molecule has 1 aliphatic heterocycles. The summed E-state index contributed by atoms with van der Waals surface area (Å²) >= 11 is 0. The van der Waals surface area contributed by atoms with Crippen molar-refractivity contribution in [3.05, 3.63) is 29.8 Å². The predicted molar refractivity (Wildman–Crippen MR) is 72.5 cm³/mol. The van der Waals surface area contributed by atoms with Gasteiger partial charge in [0.25, 0.3) is 5.91 Å². The third-order valence-electron chi connectivity index (χ3n) is 3.68. The van der Waals surface area contributed by atoms with Crippen LogP contribution >= 0.6 is 0 Å². The van der Waals surface area contributed by atoms with Crippen LogP contribution in [0.5, 0.6) is 0 Å². The van der Waals surface area contributed by atoms with E-state index in [0.717, 1.165) is 30.5 Å². The molecule has 0 aromatic heterocycles. The van der Waals surface area contributed by atoms with E-state index in [2.05, 4.69) is 24.1 Å². The standard InChI is InChI=1S/C15H20N2O/c1-10(2)9-14-16-13-6-4-3-5-12(13)15(18)17(14)11-7-8-11/h3-6,10-11,14,16H,7-9H2,1-2H3/t14-/m1/s1. The van der Waals surface area contributed by atoms with Gasteiger partial charge in [-0.15, -0.1) is 0 Å². The highest BCUT2D eigenvalue weighted by atomic mass is 16.2. The maximum Gasteiger partial charge on any atom is 0.257 e. The van der Waals surface area contributed by atoms with Gasteiger partial charge < -0.3 is 10.2 Å². The molecule has 0 radical (unpaired) electrons. The first-order valence-corrected chi connectivity index (χ1v) is 6.85. The number of carbonyl (C=O) groups excluding carboxylic acids is 1. The largest absolute Gasteiger partial charge is 0.364 e. The van der Waals surface area contributed by atoms with Crippen molar-refractivity contribution in [2.24, 2.45) is 5.92 Å². The van der Waals surface area contributed by atoms with Crippen LogP contribution < -0.4 is 5.32 Å². The number of anilines is 1. The van der Waals surface area contributed by atoms with Crippen molar-refractivity contribution in [3.63, 3.8) is 0 Å². The van der Waals surface area contributed by atoms with E-state index in [1.54, 1.807) is 0 Å². The van der Waals surface area contributed by atoms with Crippen LogP contribution in [0.3, 0.4) is 0 Å². The summed E-state index contributed by atoms with van der Waals surface area (Å²) in [5, 5.41) is 3.54. The molecule has 1 saturated carbocycles. The molecule has 0 unspecified atom stereocenters. The highest BCUT2D eigenvalue weighted by Gasteiger charge is 2.41. The average Bonchev–Trinajstić information content (AvgIpc) is 3.13. The van der Waals surface area contributed by atoms with E-state index in [-0.39, 0.29) is 12.1 Å². The van der Waals surface area contributed by atoms with Crippen molar-refractivity contribution in [2.45, 2.75) is 45.3 Å². The Labute approximate surface area is 108 Å². The summed E-state index contributed by atoms with van der Waals surface area (Å²) in [4.78, 5) is 14.6. The fraction of sp³-hybridized carbons (Fsp3) is 0.533. The minimum Gasteiger partial charge on any atom is -0.364 e. The van der Waals surface area contributed by atoms with Gasteiger partial charge in [-0.2, -0.15) is 0 Å². The summed E-state index contributed by atoms with van der Waals surface area (Å²) in [6.07, 6.45) is 3.49. The lowest BCUT2D eigenvalue weighted by atomic mass is 10.0. The van der Waals surface area contributed by atoms with Crippen LogP contribution in [0, 0.1) is 5.92 Å². The number of carbonyl (C=O) groups is 1. The maximum absolute atomic E-state index is 12.6. The van der Waals surface area contributed by atoms with E-state index in [1.807, 2.05) is 24.3 Å². The van der Waals surface area contributed by atoms with Crippen LogP contribution in [-0.2, 0) is 0 Å². The Bertz CT molecular complexity index is 465. The Balaban J connectivity index is 1.93. The molecule has 0 bridgehead atoms. The molecule has 1 aromatic carbocycles. The molecule has 0 saturated heterocycles. The van der Waals surface area contributed by atoms with E-state index in [0.29, 0.717) is 12.0 Å². The number of rotatable bonds is 3. The molecule has 2 aliphatic rings. The van der Waals surface area contributed by atoms with Gasteiger partial charge in [0.2, 0.25) is 0 Å². The number of amides is 1. The molecular weight excluding hydrogens is 224 g/mol. The molecular formula is C15H20N2O. The van der Waals surface area contributed by atoms with Crippen LogP contribution in [0.1, 0.15) is 43.5 Å². The van der Waals surface area contributed by atoms with Crippen LogP contribution in [-0.4, -0.2) is 23.0 Å². The second kappa shape index (κ2) is 4.30. The zero-order valence-electron chi connectivity index (χ0n) is 11.0. The third kappa shape index (κ3) is 1.98. The lowest BCUT2D eigenvalue weighted by Gasteiger charge is -2.39. The molecule has 1 atom stereocenters. The Morgan fingerprint density at radius 2 is 2.06 bits per heavy atom. The minimum absolute atomic E-state index is 0.167. The molecule has 1 N–H and O–H groups in total. The van der Waals surface area contributed by atoms with Gasteiger partial charge in [0.05, 0.1) is 5.56 Å². The first kappa shape index (κ1) is 11.6. The summed E-state index contributed by atoms with van der Waals surface area (Å²) in [7, 11) is 0. The van der Waals surface area contributed by atoms with Gasteiger partial charge in [-0.1, -0.05) is 26.0 Å². The third-order valence-corrected chi connectivity index (χ3v) is 3.68.